The first-order valence-corrected chi connectivity index (χ1v) is 4.96. The Labute approximate surface area is 75.9 Å². The van der Waals surface area contributed by atoms with Crippen LogP contribution in [-0.2, 0) is 10.2 Å². The zero-order chi connectivity index (χ0) is 10.1. The van der Waals surface area contributed by atoms with Crippen LogP contribution in [0, 0.1) is 6.92 Å². The molecule has 5 N–H and O–H groups in total. The summed E-state index contributed by atoms with van der Waals surface area (Å²) < 4.78 is 26.2. The van der Waals surface area contributed by atoms with Crippen LogP contribution in [0.15, 0.2) is 0 Å². The number of nitrogen functional groups attached to an aromatic ring is 1. The van der Waals surface area contributed by atoms with Crippen molar-refractivity contribution in [3.63, 3.8) is 0 Å². The maximum atomic E-state index is 11.0. The molecule has 0 aliphatic rings. The van der Waals surface area contributed by atoms with Gasteiger partial charge in [0.1, 0.15) is 0 Å². The maximum Gasteiger partial charge on any atom is 0.300 e. The predicted molar refractivity (Wildman–Crippen MR) is 49.3 cm³/mol. The number of hydrogen-bond donors (Lipinski definition) is 4. The van der Waals surface area contributed by atoms with E-state index in [-0.39, 0.29) is 5.82 Å². The van der Waals surface area contributed by atoms with Gasteiger partial charge in [0.05, 0.1) is 11.4 Å². The van der Waals surface area contributed by atoms with E-state index in [0.29, 0.717) is 11.4 Å². The Morgan fingerprint density at radius 1 is 1.54 bits per heavy atom. The second kappa shape index (κ2) is 3.23. The third-order valence-electron chi connectivity index (χ3n) is 1.49. The van der Waals surface area contributed by atoms with Crippen LogP contribution < -0.4 is 15.2 Å². The van der Waals surface area contributed by atoms with Crippen LogP contribution in [0.3, 0.4) is 0 Å². The van der Waals surface area contributed by atoms with E-state index < -0.39 is 10.2 Å². The van der Waals surface area contributed by atoms with Gasteiger partial charge in [0.25, 0.3) is 10.2 Å². The Hall–Kier alpha value is -1.28. The van der Waals surface area contributed by atoms with Gasteiger partial charge in [0, 0.05) is 7.05 Å². The number of anilines is 2. The van der Waals surface area contributed by atoms with Crippen molar-refractivity contribution >= 4 is 21.7 Å². The number of rotatable bonds is 3. The zero-order valence-corrected chi connectivity index (χ0v) is 8.07. The number of H-pyrrole nitrogens is 1. The molecule has 0 aromatic carbocycles. The van der Waals surface area contributed by atoms with Crippen LogP contribution in [0.25, 0.3) is 0 Å². The van der Waals surface area contributed by atoms with Crippen molar-refractivity contribution in [3.8, 4) is 0 Å². The smallest absolute Gasteiger partial charge is 0.300 e. The average molecular weight is 205 g/mol. The lowest BCUT2D eigenvalue weighted by molar-refractivity contribution is 0.593. The van der Waals surface area contributed by atoms with Crippen LogP contribution >= 0.6 is 0 Å². The molecule has 74 valence electrons. The van der Waals surface area contributed by atoms with Gasteiger partial charge >= 0.3 is 0 Å². The lowest BCUT2D eigenvalue weighted by atomic mass is 10.4. The standard InChI is InChI=1S/C5H11N5O2S/c1-3-4(6)5(9-8-3)10-13(11,12)7-2/h7H,6H2,1-2H3,(H2,8,9,10). The van der Waals surface area contributed by atoms with Crippen LogP contribution in [0.4, 0.5) is 11.5 Å². The summed E-state index contributed by atoms with van der Waals surface area (Å²) in [5.41, 5.74) is 6.43. The van der Waals surface area contributed by atoms with Crippen molar-refractivity contribution in [1.82, 2.24) is 14.9 Å². The highest BCUT2D eigenvalue weighted by Gasteiger charge is 2.12. The summed E-state index contributed by atoms with van der Waals surface area (Å²) in [5.74, 6) is 0.104. The minimum atomic E-state index is -3.54. The summed E-state index contributed by atoms with van der Waals surface area (Å²) in [7, 11) is -2.25. The topological polar surface area (TPSA) is 113 Å². The number of aryl methyl sites for hydroxylation is 1. The van der Waals surface area contributed by atoms with Gasteiger partial charge in [-0.25, -0.2) is 4.72 Å². The van der Waals surface area contributed by atoms with Crippen molar-refractivity contribution < 1.29 is 8.42 Å². The summed E-state index contributed by atoms with van der Waals surface area (Å²) in [6.07, 6.45) is 0. The van der Waals surface area contributed by atoms with Gasteiger partial charge in [-0.2, -0.15) is 13.5 Å². The quantitative estimate of drug-likeness (QED) is 0.516. The Bertz CT molecular complexity index is 395. The molecule has 1 aromatic heterocycles. The maximum absolute atomic E-state index is 11.0. The Morgan fingerprint density at radius 2 is 2.15 bits per heavy atom. The predicted octanol–water partition coefficient (Wildman–Crippen LogP) is -0.824. The van der Waals surface area contributed by atoms with Gasteiger partial charge in [-0.3, -0.25) is 9.82 Å². The van der Waals surface area contributed by atoms with E-state index >= 15 is 0 Å². The summed E-state index contributed by atoms with van der Waals surface area (Å²) in [6.45, 7) is 1.69. The normalized spacial score (nSPS) is 11.5. The fourth-order valence-corrected chi connectivity index (χ4v) is 1.21. The molecule has 13 heavy (non-hydrogen) atoms. The van der Waals surface area contributed by atoms with E-state index in [4.69, 9.17) is 5.73 Å². The molecule has 0 bridgehead atoms. The third-order valence-corrected chi connectivity index (χ3v) is 2.49. The minimum Gasteiger partial charge on any atom is -0.394 e. The largest absolute Gasteiger partial charge is 0.394 e. The van der Waals surface area contributed by atoms with E-state index in [1.54, 1.807) is 6.92 Å². The van der Waals surface area contributed by atoms with E-state index in [1.807, 2.05) is 0 Å². The molecular weight excluding hydrogens is 194 g/mol. The second-order valence-corrected chi connectivity index (χ2v) is 4.04. The van der Waals surface area contributed by atoms with Gasteiger partial charge in [-0.1, -0.05) is 0 Å². The number of nitrogens with zero attached hydrogens (tertiary/aromatic N) is 1. The summed E-state index contributed by atoms with van der Waals surface area (Å²) in [4.78, 5) is 0. The lowest BCUT2D eigenvalue weighted by Gasteiger charge is -2.02. The van der Waals surface area contributed by atoms with Crippen LogP contribution in [0.2, 0.25) is 0 Å². The Balaban J connectivity index is 2.93. The van der Waals surface area contributed by atoms with Crippen LogP contribution in [0.1, 0.15) is 5.69 Å². The molecule has 0 aliphatic heterocycles. The fraction of sp³-hybridized carbons (Fsp3) is 0.400. The van der Waals surface area contributed by atoms with E-state index in [0.717, 1.165) is 0 Å². The highest BCUT2D eigenvalue weighted by atomic mass is 32.2. The molecule has 0 unspecified atom stereocenters. The molecule has 7 nitrogen and oxygen atoms in total. The lowest BCUT2D eigenvalue weighted by Crippen LogP contribution is -2.26. The first-order chi connectivity index (χ1) is 5.96. The summed E-state index contributed by atoms with van der Waals surface area (Å²) in [6, 6.07) is 0. The molecule has 8 heteroatoms. The number of nitrogens with two attached hydrogens (primary N) is 1. The Kier molecular flexibility index (Phi) is 2.43. The minimum absolute atomic E-state index is 0.104. The van der Waals surface area contributed by atoms with Crippen LogP contribution in [-0.4, -0.2) is 25.7 Å². The molecule has 0 spiro atoms. The Morgan fingerprint density at radius 3 is 2.54 bits per heavy atom. The molecule has 1 heterocycles. The van der Waals surface area contributed by atoms with Gasteiger partial charge in [0.2, 0.25) is 0 Å². The number of hydrogen-bond acceptors (Lipinski definition) is 4. The fourth-order valence-electron chi connectivity index (χ4n) is 0.694. The van der Waals surface area contributed by atoms with Crippen molar-refractivity contribution in [3.05, 3.63) is 5.69 Å². The number of nitrogens with one attached hydrogen (secondary N) is 3. The molecule has 0 saturated carbocycles. The van der Waals surface area contributed by atoms with Crippen molar-refractivity contribution in [2.24, 2.45) is 0 Å². The summed E-state index contributed by atoms with van der Waals surface area (Å²) in [5, 5.41) is 6.22. The number of aromatic amines is 1. The molecule has 0 aliphatic carbocycles. The first kappa shape index (κ1) is 9.81. The highest BCUT2D eigenvalue weighted by molar-refractivity contribution is 7.90. The highest BCUT2D eigenvalue weighted by Crippen LogP contribution is 2.18. The molecule has 0 saturated heterocycles. The first-order valence-electron chi connectivity index (χ1n) is 3.48. The molecular formula is C5H11N5O2S. The van der Waals surface area contributed by atoms with E-state index in [1.165, 1.54) is 7.05 Å². The molecule has 0 fully saturated rings. The van der Waals surface area contributed by atoms with Gasteiger partial charge in [0.15, 0.2) is 5.82 Å². The number of aromatic nitrogens is 2. The van der Waals surface area contributed by atoms with Gasteiger partial charge in [-0.15, -0.1) is 0 Å². The molecule has 1 aromatic rings. The monoisotopic (exact) mass is 205 g/mol. The second-order valence-electron chi connectivity index (χ2n) is 2.42. The molecule has 1 rings (SSSR count). The molecule has 0 radical (unpaired) electrons. The van der Waals surface area contributed by atoms with Gasteiger partial charge in [-0.05, 0) is 6.92 Å². The van der Waals surface area contributed by atoms with Crippen LogP contribution in [0.5, 0.6) is 0 Å². The molecule has 0 atom stereocenters. The van der Waals surface area contributed by atoms with Crippen molar-refractivity contribution in [2.45, 2.75) is 6.92 Å². The molecule has 0 amide bonds. The van der Waals surface area contributed by atoms with E-state index in [2.05, 4.69) is 19.6 Å². The third kappa shape index (κ3) is 2.10. The van der Waals surface area contributed by atoms with E-state index in [9.17, 15) is 8.42 Å². The SMILES string of the molecule is CNS(=O)(=O)Nc1n[nH]c(C)c1N. The van der Waals surface area contributed by atoms with Crippen molar-refractivity contribution in [1.29, 1.82) is 0 Å². The van der Waals surface area contributed by atoms with Crippen molar-refractivity contribution in [2.75, 3.05) is 17.5 Å². The van der Waals surface area contributed by atoms with Gasteiger partial charge < -0.3 is 5.73 Å². The average Bonchev–Trinajstić information content (AvgIpc) is 2.36. The zero-order valence-electron chi connectivity index (χ0n) is 7.25. The summed E-state index contributed by atoms with van der Waals surface area (Å²) >= 11 is 0.